The number of carbonyl (C=O) groups is 3. The zero-order chi connectivity index (χ0) is 20.1. The average Bonchev–Trinajstić information content (AvgIpc) is 2.46. The number of rotatable bonds is 2. The zero-order valence-electron chi connectivity index (χ0n) is 14.2. The van der Waals surface area contributed by atoms with Gasteiger partial charge in [0.15, 0.2) is 0 Å². The number of azide groups is 1. The van der Waals surface area contributed by atoms with Crippen molar-refractivity contribution in [1.82, 2.24) is 10.2 Å². The smallest absolute Gasteiger partial charge is 0.414 e. The molecule has 1 saturated heterocycles. The number of amides is 3. The van der Waals surface area contributed by atoms with Gasteiger partial charge in [0.25, 0.3) is 9.70 Å². The van der Waals surface area contributed by atoms with Crippen LogP contribution < -0.4 is 5.32 Å². The first kappa shape index (κ1) is 22.4. The lowest BCUT2D eigenvalue weighted by Crippen LogP contribution is -2.52. The minimum atomic E-state index is -2.35. The van der Waals surface area contributed by atoms with Crippen LogP contribution in [0.15, 0.2) is 5.11 Å². The van der Waals surface area contributed by atoms with E-state index >= 15 is 0 Å². The number of alkyl carbamates (subject to hydrolysis) is 1. The molecule has 10 nitrogen and oxygen atoms in total. The summed E-state index contributed by atoms with van der Waals surface area (Å²) in [4.78, 5) is 39.5. The van der Waals surface area contributed by atoms with Crippen LogP contribution in [0.3, 0.4) is 0 Å². The maximum absolute atomic E-state index is 12.2. The highest BCUT2D eigenvalue weighted by atomic mass is 35.6. The molecule has 1 N–H and O–H groups in total. The van der Waals surface area contributed by atoms with Gasteiger partial charge in [0.1, 0.15) is 11.7 Å². The Hall–Kier alpha value is -1.61. The van der Waals surface area contributed by atoms with Crippen molar-refractivity contribution >= 4 is 52.9 Å². The van der Waals surface area contributed by atoms with Crippen LogP contribution in [0.25, 0.3) is 10.4 Å². The number of nitrogens with one attached hydrogen (secondary N) is 1. The van der Waals surface area contributed by atoms with Crippen LogP contribution in [0.1, 0.15) is 27.2 Å². The molecule has 0 saturated carbocycles. The van der Waals surface area contributed by atoms with E-state index in [2.05, 4.69) is 10.0 Å². The van der Waals surface area contributed by atoms with Gasteiger partial charge in [0, 0.05) is 11.5 Å². The van der Waals surface area contributed by atoms with Crippen molar-refractivity contribution in [2.24, 2.45) is 5.11 Å². The summed E-state index contributed by atoms with van der Waals surface area (Å²) in [6.07, 6.45) is -2.58. The Labute approximate surface area is 164 Å². The van der Waals surface area contributed by atoms with Crippen LogP contribution in [0.4, 0.5) is 9.59 Å². The van der Waals surface area contributed by atoms with Crippen LogP contribution in [0.5, 0.6) is 0 Å². The van der Waals surface area contributed by atoms with E-state index in [1.54, 1.807) is 26.1 Å². The first-order valence-corrected chi connectivity index (χ1v) is 8.58. The van der Waals surface area contributed by atoms with E-state index in [9.17, 15) is 14.4 Å². The van der Waals surface area contributed by atoms with Gasteiger partial charge in [-0.25, -0.2) is 9.59 Å². The summed E-state index contributed by atoms with van der Waals surface area (Å²) >= 11 is 16.1. The van der Waals surface area contributed by atoms with Gasteiger partial charge in [0.05, 0.1) is 12.6 Å². The first-order valence-electron chi connectivity index (χ1n) is 7.44. The zero-order valence-corrected chi connectivity index (χ0v) is 16.5. The maximum atomic E-state index is 12.2. The molecule has 0 aromatic heterocycles. The monoisotopic (exact) mass is 429 g/mol. The molecule has 1 aliphatic rings. The minimum absolute atomic E-state index is 0.0893. The Bertz CT molecular complexity index is 612. The van der Waals surface area contributed by atoms with Gasteiger partial charge in [-0.1, -0.05) is 39.9 Å². The summed E-state index contributed by atoms with van der Waals surface area (Å²) < 4.78 is 7.98. The normalized spacial score (nSPS) is 20.6. The molecule has 0 aromatic carbocycles. The topological polar surface area (TPSA) is 134 Å². The number of hydrogen-bond acceptors (Lipinski definition) is 6. The van der Waals surface area contributed by atoms with E-state index in [4.69, 9.17) is 49.8 Å². The van der Waals surface area contributed by atoms with Gasteiger partial charge >= 0.3 is 12.2 Å². The lowest BCUT2D eigenvalue weighted by molar-refractivity contribution is -0.119. The minimum Gasteiger partial charge on any atom is -0.444 e. The van der Waals surface area contributed by atoms with Gasteiger partial charge in [0.2, 0.25) is 0 Å². The van der Waals surface area contributed by atoms with Gasteiger partial charge in [-0.2, -0.15) is 0 Å². The fourth-order valence-corrected chi connectivity index (χ4v) is 2.18. The summed E-state index contributed by atoms with van der Waals surface area (Å²) in [5, 5.41) is 5.29. The molecule has 26 heavy (non-hydrogen) atoms. The highest BCUT2D eigenvalue weighted by molar-refractivity contribution is 6.76. The van der Waals surface area contributed by atoms with Crippen molar-refractivity contribution in [3.05, 3.63) is 10.4 Å². The Morgan fingerprint density at radius 3 is 2.38 bits per heavy atom. The molecule has 3 amide bonds. The van der Waals surface area contributed by atoms with Crippen molar-refractivity contribution in [3.63, 3.8) is 0 Å². The lowest BCUT2D eigenvalue weighted by atomic mass is 10.0. The molecule has 0 spiro atoms. The fraction of sp³-hybridized carbons (Fsp3) is 0.769. The summed E-state index contributed by atoms with van der Waals surface area (Å²) in [5.74, 6) is -1.20. The highest BCUT2D eigenvalue weighted by Gasteiger charge is 2.37. The summed E-state index contributed by atoms with van der Waals surface area (Å²) in [7, 11) is 0. The molecule has 1 rings (SSSR count). The standard InChI is InChI=1S/C13H18Cl3N5O5/c1-12(2,3)26-11(24)21-5-4-7(19-20-17)8(6-21)25-10(23)18-9(22)13(14,15)16/h7-8H,4-6H2,1-3H3,(H,18,22,23)/t7-,8+/m1/s1. The second kappa shape index (κ2) is 8.85. The number of piperidine rings is 1. The van der Waals surface area contributed by atoms with Crippen molar-refractivity contribution < 1.29 is 23.9 Å². The van der Waals surface area contributed by atoms with E-state index < -0.39 is 39.6 Å². The van der Waals surface area contributed by atoms with Gasteiger partial charge in [-0.05, 0) is 32.7 Å². The molecule has 1 fully saturated rings. The van der Waals surface area contributed by atoms with Gasteiger partial charge in [-0.15, -0.1) is 0 Å². The third-order valence-corrected chi connectivity index (χ3v) is 3.62. The second-order valence-corrected chi connectivity index (χ2v) is 8.66. The molecule has 0 bridgehead atoms. The Kier molecular flexibility index (Phi) is 7.64. The second-order valence-electron chi connectivity index (χ2n) is 6.38. The number of ether oxygens (including phenoxy) is 2. The molecule has 146 valence electrons. The Morgan fingerprint density at radius 1 is 1.27 bits per heavy atom. The number of alkyl halides is 3. The van der Waals surface area contributed by atoms with E-state index in [0.717, 1.165) is 0 Å². The SMILES string of the molecule is CC(C)(C)OC(=O)N1CC[C@@H](N=[N+]=[N-])[C@@H](OC(=O)NC(=O)C(Cl)(Cl)Cl)C1. The van der Waals surface area contributed by atoms with E-state index in [-0.39, 0.29) is 19.5 Å². The van der Waals surface area contributed by atoms with Crippen LogP contribution in [-0.2, 0) is 14.3 Å². The average molecular weight is 431 g/mol. The molecule has 2 atom stereocenters. The number of halogens is 3. The molecule has 1 heterocycles. The van der Waals surface area contributed by atoms with Crippen molar-refractivity contribution in [1.29, 1.82) is 0 Å². The van der Waals surface area contributed by atoms with E-state index in [0.29, 0.717) is 0 Å². The molecular weight excluding hydrogens is 413 g/mol. The van der Waals surface area contributed by atoms with Crippen LogP contribution in [0, 0.1) is 0 Å². The van der Waals surface area contributed by atoms with Crippen molar-refractivity contribution in [2.45, 2.75) is 48.7 Å². The predicted molar refractivity (Wildman–Crippen MR) is 94.1 cm³/mol. The molecule has 0 aromatic rings. The quantitative estimate of drug-likeness (QED) is 0.310. The molecular formula is C13H18Cl3N5O5. The van der Waals surface area contributed by atoms with Gasteiger partial charge < -0.3 is 14.4 Å². The van der Waals surface area contributed by atoms with E-state index in [1.165, 1.54) is 4.90 Å². The number of imide groups is 1. The molecule has 0 radical (unpaired) electrons. The van der Waals surface area contributed by atoms with Crippen LogP contribution in [-0.4, -0.2) is 57.6 Å². The maximum Gasteiger partial charge on any atom is 0.414 e. The highest BCUT2D eigenvalue weighted by Crippen LogP contribution is 2.26. The number of carbonyl (C=O) groups excluding carboxylic acids is 3. The van der Waals surface area contributed by atoms with Crippen LogP contribution in [0.2, 0.25) is 0 Å². The third-order valence-electron chi connectivity index (χ3n) is 3.11. The number of hydrogen-bond donors (Lipinski definition) is 1. The summed E-state index contributed by atoms with van der Waals surface area (Å²) in [6, 6.07) is -0.729. The van der Waals surface area contributed by atoms with Crippen molar-refractivity contribution in [3.8, 4) is 0 Å². The number of nitrogens with zero attached hydrogens (tertiary/aromatic N) is 4. The summed E-state index contributed by atoms with van der Waals surface area (Å²) in [6.45, 7) is 5.28. The lowest BCUT2D eigenvalue weighted by Gasteiger charge is -2.36. The fourth-order valence-electron chi connectivity index (χ4n) is 2.04. The molecule has 1 aliphatic heterocycles. The Morgan fingerprint density at radius 2 is 1.88 bits per heavy atom. The van der Waals surface area contributed by atoms with Crippen molar-refractivity contribution in [2.75, 3.05) is 13.1 Å². The number of likely N-dealkylation sites (tertiary alicyclic amines) is 1. The third kappa shape index (κ3) is 7.33. The summed E-state index contributed by atoms with van der Waals surface area (Å²) in [5.41, 5.74) is 7.94. The molecule has 0 aliphatic carbocycles. The van der Waals surface area contributed by atoms with E-state index in [1.807, 2.05) is 0 Å². The Balaban J connectivity index is 2.79. The van der Waals surface area contributed by atoms with Crippen LogP contribution >= 0.6 is 34.8 Å². The molecule has 13 heteroatoms. The largest absolute Gasteiger partial charge is 0.444 e. The predicted octanol–water partition coefficient (Wildman–Crippen LogP) is 3.30. The van der Waals surface area contributed by atoms with Gasteiger partial charge in [-0.3, -0.25) is 10.1 Å². The molecule has 0 unspecified atom stereocenters. The first-order chi connectivity index (χ1) is 11.8.